The number of unbranched alkanes of at least 4 members (excludes halogenated alkanes) is 9. The third kappa shape index (κ3) is 13.9. The van der Waals surface area contributed by atoms with Crippen molar-refractivity contribution in [3.63, 3.8) is 0 Å². The molecule has 1 unspecified atom stereocenters. The van der Waals surface area contributed by atoms with Gasteiger partial charge in [0.25, 0.3) is 0 Å². The van der Waals surface area contributed by atoms with E-state index in [1.807, 2.05) is 0 Å². The number of hydrogen-bond donors (Lipinski definition) is 1. The first kappa shape index (κ1) is 17.0. The third-order valence-electron chi connectivity index (χ3n) is 3.61. The fourth-order valence-corrected chi connectivity index (χ4v) is 2.34. The Labute approximate surface area is 110 Å². The molecule has 1 heteroatoms. The molecular formula is C16H35N. The van der Waals surface area contributed by atoms with E-state index in [-0.39, 0.29) is 0 Å². The van der Waals surface area contributed by atoms with Gasteiger partial charge in [0.2, 0.25) is 0 Å². The predicted octanol–water partition coefficient (Wildman–Crippen LogP) is 5.42. The summed E-state index contributed by atoms with van der Waals surface area (Å²) in [6.45, 7) is 4.53. The van der Waals surface area contributed by atoms with Gasteiger partial charge in [0, 0.05) is 6.04 Å². The fourth-order valence-electron chi connectivity index (χ4n) is 2.34. The van der Waals surface area contributed by atoms with Gasteiger partial charge < -0.3 is 5.73 Å². The van der Waals surface area contributed by atoms with Crippen LogP contribution in [0.15, 0.2) is 0 Å². The molecule has 0 saturated heterocycles. The van der Waals surface area contributed by atoms with Crippen LogP contribution < -0.4 is 5.73 Å². The minimum atomic E-state index is 0.474. The molecule has 2 N–H and O–H groups in total. The summed E-state index contributed by atoms with van der Waals surface area (Å²) in [4.78, 5) is 0. The minimum Gasteiger partial charge on any atom is -0.328 e. The van der Waals surface area contributed by atoms with Gasteiger partial charge in [-0.1, -0.05) is 84.5 Å². The van der Waals surface area contributed by atoms with Gasteiger partial charge in [0.05, 0.1) is 0 Å². The fraction of sp³-hybridized carbons (Fsp3) is 1.00. The van der Waals surface area contributed by atoms with Crippen LogP contribution in [-0.2, 0) is 0 Å². The minimum absolute atomic E-state index is 0.474. The lowest BCUT2D eigenvalue weighted by Crippen LogP contribution is -2.19. The molecule has 0 amide bonds. The van der Waals surface area contributed by atoms with Gasteiger partial charge in [-0.05, 0) is 12.8 Å². The molecule has 0 spiro atoms. The molecule has 0 aliphatic heterocycles. The summed E-state index contributed by atoms with van der Waals surface area (Å²) in [5, 5.41) is 0. The molecule has 0 aromatic rings. The molecule has 0 aromatic carbocycles. The van der Waals surface area contributed by atoms with Crippen LogP contribution in [0.2, 0.25) is 0 Å². The summed E-state index contributed by atoms with van der Waals surface area (Å²) in [5.74, 6) is 0. The maximum absolute atomic E-state index is 6.09. The smallest absolute Gasteiger partial charge is 0.00388 e. The molecule has 104 valence electrons. The predicted molar refractivity (Wildman–Crippen MR) is 79.3 cm³/mol. The van der Waals surface area contributed by atoms with E-state index in [4.69, 9.17) is 5.73 Å². The van der Waals surface area contributed by atoms with Gasteiger partial charge in [-0.15, -0.1) is 0 Å². The van der Waals surface area contributed by atoms with Crippen LogP contribution in [0.3, 0.4) is 0 Å². The maximum Gasteiger partial charge on any atom is 0.00388 e. The number of nitrogens with two attached hydrogens (primary N) is 1. The summed E-state index contributed by atoms with van der Waals surface area (Å²) in [6, 6.07) is 0.474. The van der Waals surface area contributed by atoms with Crippen LogP contribution >= 0.6 is 0 Å². The molecule has 0 aromatic heterocycles. The Bertz CT molecular complexity index is 133. The SMILES string of the molecule is CCCCCCCCCCC(N)CCCCC. The van der Waals surface area contributed by atoms with Gasteiger partial charge in [0.1, 0.15) is 0 Å². The molecule has 17 heavy (non-hydrogen) atoms. The van der Waals surface area contributed by atoms with Crippen molar-refractivity contribution in [3.8, 4) is 0 Å². The monoisotopic (exact) mass is 241 g/mol. The van der Waals surface area contributed by atoms with E-state index >= 15 is 0 Å². The van der Waals surface area contributed by atoms with Crippen molar-refractivity contribution in [1.82, 2.24) is 0 Å². The molecule has 0 aliphatic rings. The molecular weight excluding hydrogens is 206 g/mol. The second-order valence-electron chi connectivity index (χ2n) is 5.52. The lowest BCUT2D eigenvalue weighted by Gasteiger charge is -2.10. The van der Waals surface area contributed by atoms with Crippen LogP contribution in [0.4, 0.5) is 0 Å². The van der Waals surface area contributed by atoms with Crippen molar-refractivity contribution in [1.29, 1.82) is 0 Å². The molecule has 0 saturated carbocycles. The van der Waals surface area contributed by atoms with Crippen molar-refractivity contribution in [2.45, 2.75) is 103 Å². The molecule has 1 atom stereocenters. The lowest BCUT2D eigenvalue weighted by atomic mass is 10.0. The average molecular weight is 241 g/mol. The van der Waals surface area contributed by atoms with E-state index in [1.165, 1.54) is 83.5 Å². The highest BCUT2D eigenvalue weighted by atomic mass is 14.6. The zero-order valence-electron chi connectivity index (χ0n) is 12.3. The van der Waals surface area contributed by atoms with Crippen LogP contribution in [0.25, 0.3) is 0 Å². The summed E-state index contributed by atoms with van der Waals surface area (Å²) >= 11 is 0. The van der Waals surface area contributed by atoms with E-state index in [2.05, 4.69) is 13.8 Å². The molecule has 0 bridgehead atoms. The topological polar surface area (TPSA) is 26.0 Å². The first-order chi connectivity index (χ1) is 8.31. The Morgan fingerprint density at radius 1 is 0.588 bits per heavy atom. The summed E-state index contributed by atoms with van der Waals surface area (Å²) in [7, 11) is 0. The Morgan fingerprint density at radius 3 is 1.47 bits per heavy atom. The second-order valence-corrected chi connectivity index (χ2v) is 5.52. The average Bonchev–Trinajstić information content (AvgIpc) is 2.33. The van der Waals surface area contributed by atoms with Crippen LogP contribution in [0, 0.1) is 0 Å². The van der Waals surface area contributed by atoms with Gasteiger partial charge >= 0.3 is 0 Å². The Hall–Kier alpha value is -0.0400. The first-order valence-corrected chi connectivity index (χ1v) is 8.06. The van der Waals surface area contributed by atoms with E-state index in [0.29, 0.717) is 6.04 Å². The standard InChI is InChI=1S/C16H35N/c1-3-5-7-8-9-10-11-13-15-16(17)14-12-6-4-2/h16H,3-15,17H2,1-2H3. The van der Waals surface area contributed by atoms with Crippen LogP contribution in [0.1, 0.15) is 97.3 Å². The Kier molecular flexibility index (Phi) is 14.0. The summed E-state index contributed by atoms with van der Waals surface area (Å²) in [6.07, 6.45) is 17.7. The quantitative estimate of drug-likeness (QED) is 0.428. The van der Waals surface area contributed by atoms with Crippen molar-refractivity contribution in [2.75, 3.05) is 0 Å². The van der Waals surface area contributed by atoms with Crippen molar-refractivity contribution in [2.24, 2.45) is 5.73 Å². The van der Waals surface area contributed by atoms with Gasteiger partial charge in [0.15, 0.2) is 0 Å². The van der Waals surface area contributed by atoms with Gasteiger partial charge in [-0.3, -0.25) is 0 Å². The normalized spacial score (nSPS) is 12.9. The van der Waals surface area contributed by atoms with Crippen molar-refractivity contribution < 1.29 is 0 Å². The van der Waals surface area contributed by atoms with Crippen molar-refractivity contribution in [3.05, 3.63) is 0 Å². The summed E-state index contributed by atoms with van der Waals surface area (Å²) in [5.41, 5.74) is 6.09. The van der Waals surface area contributed by atoms with Gasteiger partial charge in [-0.25, -0.2) is 0 Å². The molecule has 0 rings (SSSR count). The highest BCUT2D eigenvalue weighted by Gasteiger charge is 2.01. The molecule has 0 aliphatic carbocycles. The zero-order valence-corrected chi connectivity index (χ0v) is 12.3. The highest BCUT2D eigenvalue weighted by molar-refractivity contribution is 4.61. The van der Waals surface area contributed by atoms with Crippen LogP contribution in [0.5, 0.6) is 0 Å². The third-order valence-corrected chi connectivity index (χ3v) is 3.61. The van der Waals surface area contributed by atoms with Gasteiger partial charge in [-0.2, -0.15) is 0 Å². The van der Waals surface area contributed by atoms with E-state index in [9.17, 15) is 0 Å². The number of rotatable bonds is 13. The molecule has 1 nitrogen and oxygen atoms in total. The van der Waals surface area contributed by atoms with E-state index in [1.54, 1.807) is 0 Å². The Balaban J connectivity index is 3.05. The molecule has 0 heterocycles. The highest BCUT2D eigenvalue weighted by Crippen LogP contribution is 2.12. The van der Waals surface area contributed by atoms with E-state index in [0.717, 1.165) is 0 Å². The lowest BCUT2D eigenvalue weighted by molar-refractivity contribution is 0.489. The van der Waals surface area contributed by atoms with E-state index < -0.39 is 0 Å². The van der Waals surface area contributed by atoms with Crippen molar-refractivity contribution >= 4 is 0 Å². The molecule has 0 fully saturated rings. The maximum atomic E-state index is 6.09. The van der Waals surface area contributed by atoms with Crippen LogP contribution in [-0.4, -0.2) is 6.04 Å². The largest absolute Gasteiger partial charge is 0.328 e. The summed E-state index contributed by atoms with van der Waals surface area (Å²) < 4.78 is 0. The first-order valence-electron chi connectivity index (χ1n) is 8.06. The zero-order chi connectivity index (χ0) is 12.8. The second kappa shape index (κ2) is 14.0. The number of hydrogen-bond acceptors (Lipinski definition) is 1. The Morgan fingerprint density at radius 2 is 0.941 bits per heavy atom. The molecule has 0 radical (unpaired) electrons.